The average molecular weight is 194 g/mol. The van der Waals surface area contributed by atoms with Gasteiger partial charge in [0.05, 0.1) is 0 Å². The third-order valence-corrected chi connectivity index (χ3v) is 2.26. The highest BCUT2D eigenvalue weighted by Gasteiger charge is 2.06. The number of hydrogen-bond acceptors (Lipinski definition) is 1. The van der Waals surface area contributed by atoms with Crippen molar-refractivity contribution in [2.45, 2.75) is 6.92 Å². The van der Waals surface area contributed by atoms with Crippen molar-refractivity contribution < 1.29 is 4.79 Å². The smallest absolute Gasteiger partial charge is 0.161 e. The van der Waals surface area contributed by atoms with Crippen molar-refractivity contribution in [3.05, 3.63) is 35.0 Å². The quantitative estimate of drug-likeness (QED) is 0.694. The maximum atomic E-state index is 11.2. The molecular weight excluding hydrogens is 186 g/mol. The summed E-state index contributed by atoms with van der Waals surface area (Å²) in [5.41, 5.74) is 1.62. The highest BCUT2D eigenvalue weighted by atomic mass is 35.5. The summed E-state index contributed by atoms with van der Waals surface area (Å²) in [5, 5.41) is 1.60. The number of aromatic amines is 1. The second-order valence-corrected chi connectivity index (χ2v) is 3.38. The monoisotopic (exact) mass is 193 g/mol. The minimum absolute atomic E-state index is 0.0635. The van der Waals surface area contributed by atoms with E-state index in [1.165, 1.54) is 0 Å². The maximum absolute atomic E-state index is 11.2. The Bertz CT molecular complexity index is 473. The van der Waals surface area contributed by atoms with Gasteiger partial charge < -0.3 is 4.98 Å². The first-order valence-corrected chi connectivity index (χ1v) is 4.34. The lowest BCUT2D eigenvalue weighted by atomic mass is 10.1. The SMILES string of the molecule is CC(=O)c1c[nH]c2cc(Cl)ccc12. The van der Waals surface area contributed by atoms with Crippen LogP contribution in [0.2, 0.25) is 5.02 Å². The first kappa shape index (κ1) is 8.32. The van der Waals surface area contributed by atoms with Gasteiger partial charge in [0.15, 0.2) is 5.78 Å². The van der Waals surface area contributed by atoms with E-state index in [-0.39, 0.29) is 5.78 Å². The number of halogens is 1. The van der Waals surface area contributed by atoms with Gasteiger partial charge in [-0.3, -0.25) is 4.79 Å². The predicted molar refractivity (Wildman–Crippen MR) is 53.3 cm³/mol. The zero-order valence-electron chi connectivity index (χ0n) is 7.10. The van der Waals surface area contributed by atoms with Crippen LogP contribution in [-0.2, 0) is 0 Å². The number of rotatable bonds is 1. The van der Waals surface area contributed by atoms with Crippen molar-refractivity contribution in [2.24, 2.45) is 0 Å². The molecule has 0 aliphatic carbocycles. The Kier molecular flexibility index (Phi) is 1.85. The standard InChI is InChI=1S/C10H8ClNO/c1-6(13)9-5-12-10-4-7(11)2-3-8(9)10/h2-5,12H,1H3. The summed E-state index contributed by atoms with van der Waals surface area (Å²) >= 11 is 5.80. The van der Waals surface area contributed by atoms with Gasteiger partial charge in [-0.25, -0.2) is 0 Å². The van der Waals surface area contributed by atoms with Gasteiger partial charge >= 0.3 is 0 Å². The molecule has 0 spiro atoms. The fraction of sp³-hybridized carbons (Fsp3) is 0.100. The minimum atomic E-state index is 0.0635. The van der Waals surface area contributed by atoms with Gasteiger partial charge in [-0.05, 0) is 19.1 Å². The van der Waals surface area contributed by atoms with E-state index in [0.717, 1.165) is 10.9 Å². The minimum Gasteiger partial charge on any atom is -0.360 e. The Morgan fingerprint density at radius 3 is 2.92 bits per heavy atom. The van der Waals surface area contributed by atoms with Crippen LogP contribution in [0.4, 0.5) is 0 Å². The van der Waals surface area contributed by atoms with Gasteiger partial charge in [-0.2, -0.15) is 0 Å². The first-order valence-electron chi connectivity index (χ1n) is 3.96. The molecule has 2 rings (SSSR count). The van der Waals surface area contributed by atoms with Crippen LogP contribution in [-0.4, -0.2) is 10.8 Å². The van der Waals surface area contributed by atoms with Crippen molar-refractivity contribution in [3.8, 4) is 0 Å². The number of benzene rings is 1. The van der Waals surface area contributed by atoms with Crippen LogP contribution >= 0.6 is 11.6 Å². The molecule has 1 heterocycles. The third kappa shape index (κ3) is 1.33. The second kappa shape index (κ2) is 2.89. The summed E-state index contributed by atoms with van der Waals surface area (Å²) in [6.45, 7) is 1.55. The number of fused-ring (bicyclic) bond motifs is 1. The molecular formula is C10H8ClNO. The fourth-order valence-electron chi connectivity index (χ4n) is 1.39. The molecule has 0 radical (unpaired) electrons. The number of carbonyl (C=O) groups excluding carboxylic acids is 1. The number of H-pyrrole nitrogens is 1. The number of carbonyl (C=O) groups is 1. The Morgan fingerprint density at radius 1 is 1.46 bits per heavy atom. The zero-order valence-corrected chi connectivity index (χ0v) is 7.85. The van der Waals surface area contributed by atoms with Crippen molar-refractivity contribution in [1.82, 2.24) is 4.98 Å². The average Bonchev–Trinajstić information content (AvgIpc) is 2.46. The Hall–Kier alpha value is -1.28. The van der Waals surface area contributed by atoms with Crippen LogP contribution in [0.3, 0.4) is 0 Å². The molecule has 2 aromatic rings. The summed E-state index contributed by atoms with van der Waals surface area (Å²) in [6, 6.07) is 5.44. The third-order valence-electron chi connectivity index (χ3n) is 2.02. The number of ketones is 1. The van der Waals surface area contributed by atoms with E-state index in [1.54, 1.807) is 19.2 Å². The summed E-state index contributed by atoms with van der Waals surface area (Å²) in [7, 11) is 0. The number of aromatic nitrogens is 1. The molecule has 0 aliphatic rings. The molecule has 0 aliphatic heterocycles. The van der Waals surface area contributed by atoms with E-state index in [1.807, 2.05) is 12.1 Å². The van der Waals surface area contributed by atoms with E-state index in [2.05, 4.69) is 4.98 Å². The molecule has 0 bridgehead atoms. The molecule has 13 heavy (non-hydrogen) atoms. The molecule has 0 atom stereocenters. The van der Waals surface area contributed by atoms with E-state index in [4.69, 9.17) is 11.6 Å². The molecule has 0 amide bonds. The number of nitrogens with one attached hydrogen (secondary N) is 1. The molecule has 2 nitrogen and oxygen atoms in total. The lowest BCUT2D eigenvalue weighted by Gasteiger charge is -1.93. The van der Waals surface area contributed by atoms with Crippen LogP contribution in [0.15, 0.2) is 24.4 Å². The lowest BCUT2D eigenvalue weighted by Crippen LogP contribution is -1.88. The molecule has 0 saturated heterocycles. The van der Waals surface area contributed by atoms with Crippen LogP contribution in [0.25, 0.3) is 10.9 Å². The summed E-state index contributed by atoms with van der Waals surface area (Å²) < 4.78 is 0. The van der Waals surface area contributed by atoms with Crippen LogP contribution in [0.5, 0.6) is 0 Å². The van der Waals surface area contributed by atoms with E-state index < -0.39 is 0 Å². The molecule has 1 aromatic heterocycles. The van der Waals surface area contributed by atoms with Gasteiger partial charge in [0.25, 0.3) is 0 Å². The molecule has 66 valence electrons. The molecule has 0 fully saturated rings. The fourth-order valence-corrected chi connectivity index (χ4v) is 1.56. The van der Waals surface area contributed by atoms with Crippen LogP contribution in [0, 0.1) is 0 Å². The van der Waals surface area contributed by atoms with Gasteiger partial charge in [-0.1, -0.05) is 17.7 Å². The Balaban J connectivity index is 2.76. The Morgan fingerprint density at radius 2 is 2.23 bits per heavy atom. The van der Waals surface area contributed by atoms with E-state index in [0.29, 0.717) is 10.6 Å². The maximum Gasteiger partial charge on any atom is 0.161 e. The van der Waals surface area contributed by atoms with Gasteiger partial charge in [0.1, 0.15) is 0 Å². The molecule has 1 N–H and O–H groups in total. The van der Waals surface area contributed by atoms with Gasteiger partial charge in [-0.15, -0.1) is 0 Å². The van der Waals surface area contributed by atoms with Gasteiger partial charge in [0, 0.05) is 27.7 Å². The molecule has 0 saturated carbocycles. The Labute approximate surface area is 80.5 Å². The molecule has 0 unspecified atom stereocenters. The van der Waals surface area contributed by atoms with Crippen molar-refractivity contribution in [1.29, 1.82) is 0 Å². The number of Topliss-reactive ketones (excluding diaryl/α,β-unsaturated/α-hetero) is 1. The van der Waals surface area contributed by atoms with Gasteiger partial charge in [0.2, 0.25) is 0 Å². The topological polar surface area (TPSA) is 32.9 Å². The highest BCUT2D eigenvalue weighted by Crippen LogP contribution is 2.21. The van der Waals surface area contributed by atoms with Crippen LogP contribution < -0.4 is 0 Å². The molecule has 3 heteroatoms. The second-order valence-electron chi connectivity index (χ2n) is 2.95. The number of hydrogen-bond donors (Lipinski definition) is 1. The molecule has 1 aromatic carbocycles. The zero-order chi connectivity index (χ0) is 9.42. The summed E-state index contributed by atoms with van der Waals surface area (Å²) in [4.78, 5) is 14.2. The first-order chi connectivity index (χ1) is 6.18. The van der Waals surface area contributed by atoms with E-state index in [9.17, 15) is 4.79 Å². The van der Waals surface area contributed by atoms with Crippen molar-refractivity contribution >= 4 is 28.3 Å². The largest absolute Gasteiger partial charge is 0.360 e. The van der Waals surface area contributed by atoms with Crippen molar-refractivity contribution in [3.63, 3.8) is 0 Å². The van der Waals surface area contributed by atoms with Crippen LogP contribution in [0.1, 0.15) is 17.3 Å². The van der Waals surface area contributed by atoms with Crippen molar-refractivity contribution in [2.75, 3.05) is 0 Å². The summed E-state index contributed by atoms with van der Waals surface area (Å²) in [5.74, 6) is 0.0635. The lowest BCUT2D eigenvalue weighted by molar-refractivity contribution is 0.101. The predicted octanol–water partition coefficient (Wildman–Crippen LogP) is 3.02. The summed E-state index contributed by atoms with van der Waals surface area (Å²) in [6.07, 6.45) is 1.71. The normalized spacial score (nSPS) is 10.6. The van der Waals surface area contributed by atoms with E-state index >= 15 is 0 Å². The highest BCUT2D eigenvalue weighted by molar-refractivity contribution is 6.31.